The summed E-state index contributed by atoms with van der Waals surface area (Å²) in [4.78, 5) is 14.0. The van der Waals surface area contributed by atoms with Gasteiger partial charge in [-0.3, -0.25) is 0 Å². The molecule has 0 bridgehead atoms. The number of hydrogen-bond acceptors (Lipinski definition) is 3. The van der Waals surface area contributed by atoms with Crippen molar-refractivity contribution >= 4 is 16.7 Å². The van der Waals surface area contributed by atoms with Crippen LogP contribution >= 0.6 is 0 Å². The molecule has 0 saturated heterocycles. The summed E-state index contributed by atoms with van der Waals surface area (Å²) < 4.78 is 5.24. The van der Waals surface area contributed by atoms with E-state index < -0.39 is 5.63 Å². The molecule has 0 fully saturated rings. The molecule has 0 radical (unpaired) electrons. The van der Waals surface area contributed by atoms with E-state index in [4.69, 9.17) is 10.8 Å². The highest BCUT2D eigenvalue weighted by Crippen LogP contribution is 2.28. The molecular formula is C15H15NO2. The molecule has 1 heterocycles. The van der Waals surface area contributed by atoms with Crippen LogP contribution in [0.4, 0.5) is 5.69 Å². The van der Waals surface area contributed by atoms with Crippen LogP contribution in [0.1, 0.15) is 19.4 Å². The van der Waals surface area contributed by atoms with Crippen molar-refractivity contribution in [3.05, 3.63) is 40.2 Å². The number of nitrogens with zero attached hydrogens (tertiary/aromatic N) is 1. The minimum Gasteiger partial charge on any atom is -0.422 e. The van der Waals surface area contributed by atoms with E-state index in [1.54, 1.807) is 6.07 Å². The maximum atomic E-state index is 11.9. The number of fused-ring (bicyclic) bond motifs is 1. The van der Waals surface area contributed by atoms with E-state index in [0.717, 1.165) is 24.2 Å². The van der Waals surface area contributed by atoms with Crippen molar-refractivity contribution < 1.29 is 4.42 Å². The Kier molecular flexibility index (Phi) is 3.38. The van der Waals surface area contributed by atoms with Crippen LogP contribution in [0.5, 0.6) is 0 Å². The summed E-state index contributed by atoms with van der Waals surface area (Å²) in [6, 6.07) is 7.46. The molecule has 92 valence electrons. The van der Waals surface area contributed by atoms with Gasteiger partial charge in [0.1, 0.15) is 11.1 Å². The zero-order valence-electron chi connectivity index (χ0n) is 10.6. The molecule has 0 unspecified atom stereocenters. The number of hydrogen-bond donors (Lipinski definition) is 0. The van der Waals surface area contributed by atoms with Gasteiger partial charge in [0.25, 0.3) is 0 Å². The number of rotatable bonds is 3. The normalized spacial score (nSPS) is 10.3. The predicted molar refractivity (Wildman–Crippen MR) is 74.0 cm³/mol. The van der Waals surface area contributed by atoms with E-state index in [1.165, 1.54) is 0 Å². The molecule has 2 aromatic rings. The number of anilines is 1. The topological polar surface area (TPSA) is 33.5 Å². The minimum absolute atomic E-state index is 0.303. The first-order chi connectivity index (χ1) is 8.72. The minimum atomic E-state index is -0.446. The third-order valence-electron chi connectivity index (χ3n) is 3.01. The highest BCUT2D eigenvalue weighted by Gasteiger charge is 2.16. The van der Waals surface area contributed by atoms with Gasteiger partial charge in [0.05, 0.1) is 5.69 Å². The fourth-order valence-corrected chi connectivity index (χ4v) is 2.13. The monoisotopic (exact) mass is 241 g/mol. The SMILES string of the molecule is C#Cc1c(N(CC)CC)c2ccccc2oc1=O. The lowest BCUT2D eigenvalue weighted by atomic mass is 10.1. The van der Waals surface area contributed by atoms with Crippen LogP contribution < -0.4 is 10.5 Å². The molecule has 0 aliphatic carbocycles. The molecule has 0 spiro atoms. The van der Waals surface area contributed by atoms with Crippen LogP contribution in [0.15, 0.2) is 33.5 Å². The largest absolute Gasteiger partial charge is 0.422 e. The van der Waals surface area contributed by atoms with Gasteiger partial charge in [0.2, 0.25) is 0 Å². The lowest BCUT2D eigenvalue weighted by Crippen LogP contribution is -2.25. The first kappa shape index (κ1) is 12.3. The fraction of sp³-hybridized carbons (Fsp3) is 0.267. The fourth-order valence-electron chi connectivity index (χ4n) is 2.13. The summed E-state index contributed by atoms with van der Waals surface area (Å²) in [5, 5.41) is 0.883. The zero-order valence-corrected chi connectivity index (χ0v) is 10.6. The molecular weight excluding hydrogens is 226 g/mol. The van der Waals surface area contributed by atoms with Crippen molar-refractivity contribution in [3.8, 4) is 12.3 Å². The lowest BCUT2D eigenvalue weighted by molar-refractivity contribution is 0.558. The van der Waals surface area contributed by atoms with Crippen molar-refractivity contribution in [1.82, 2.24) is 0 Å². The Labute approximate surface area is 106 Å². The van der Waals surface area contributed by atoms with Crippen LogP contribution in [0.3, 0.4) is 0 Å². The average molecular weight is 241 g/mol. The van der Waals surface area contributed by atoms with E-state index >= 15 is 0 Å². The molecule has 0 saturated carbocycles. The van der Waals surface area contributed by atoms with Crippen LogP contribution in [-0.2, 0) is 0 Å². The van der Waals surface area contributed by atoms with Crippen LogP contribution in [-0.4, -0.2) is 13.1 Å². The summed E-state index contributed by atoms with van der Waals surface area (Å²) in [6.45, 7) is 5.65. The third-order valence-corrected chi connectivity index (χ3v) is 3.01. The third kappa shape index (κ3) is 1.86. The molecule has 18 heavy (non-hydrogen) atoms. The van der Waals surface area contributed by atoms with Crippen LogP contribution in [0.2, 0.25) is 0 Å². The smallest absolute Gasteiger partial charge is 0.354 e. The summed E-state index contributed by atoms with van der Waals surface area (Å²) in [7, 11) is 0. The van der Waals surface area contributed by atoms with Gasteiger partial charge in [-0.15, -0.1) is 6.42 Å². The molecule has 0 aliphatic heterocycles. The van der Waals surface area contributed by atoms with Gasteiger partial charge in [0, 0.05) is 18.5 Å². The predicted octanol–water partition coefficient (Wildman–Crippen LogP) is 2.62. The summed E-state index contributed by atoms with van der Waals surface area (Å²) in [5.41, 5.74) is 1.23. The molecule has 3 heteroatoms. The van der Waals surface area contributed by atoms with Gasteiger partial charge in [-0.1, -0.05) is 18.1 Å². The number of para-hydroxylation sites is 1. The summed E-state index contributed by atoms with van der Waals surface area (Å²) in [6.07, 6.45) is 5.45. The van der Waals surface area contributed by atoms with E-state index in [0.29, 0.717) is 11.1 Å². The second-order valence-electron chi connectivity index (χ2n) is 3.93. The standard InChI is InChI=1S/C15H15NO2/c1-4-11-14(16(5-2)6-3)12-9-7-8-10-13(12)18-15(11)17/h1,7-10H,5-6H2,2-3H3. The molecule has 2 rings (SSSR count). The zero-order chi connectivity index (χ0) is 13.1. The molecule has 0 N–H and O–H groups in total. The molecule has 0 atom stereocenters. The number of benzene rings is 1. The van der Waals surface area contributed by atoms with Crippen LogP contribution in [0.25, 0.3) is 11.0 Å². The van der Waals surface area contributed by atoms with E-state index in [9.17, 15) is 4.79 Å². The van der Waals surface area contributed by atoms with Gasteiger partial charge in [-0.25, -0.2) is 4.79 Å². The van der Waals surface area contributed by atoms with Crippen molar-refractivity contribution in [2.45, 2.75) is 13.8 Å². The van der Waals surface area contributed by atoms with Crippen LogP contribution in [0, 0.1) is 12.3 Å². The van der Waals surface area contributed by atoms with E-state index in [1.807, 2.05) is 32.0 Å². The van der Waals surface area contributed by atoms with Gasteiger partial charge in [0.15, 0.2) is 0 Å². The highest BCUT2D eigenvalue weighted by atomic mass is 16.4. The maximum Gasteiger partial charge on any atom is 0.354 e. The Morgan fingerprint density at radius 1 is 1.28 bits per heavy atom. The number of terminal acetylenes is 1. The molecule has 3 nitrogen and oxygen atoms in total. The van der Waals surface area contributed by atoms with Crippen molar-refractivity contribution in [1.29, 1.82) is 0 Å². The highest BCUT2D eigenvalue weighted by molar-refractivity contribution is 5.93. The Hall–Kier alpha value is -2.21. The Balaban J connectivity index is 2.90. The second kappa shape index (κ2) is 4.97. The Morgan fingerprint density at radius 2 is 1.94 bits per heavy atom. The van der Waals surface area contributed by atoms with Crippen molar-refractivity contribution in [3.63, 3.8) is 0 Å². The lowest BCUT2D eigenvalue weighted by Gasteiger charge is -2.23. The maximum absolute atomic E-state index is 11.9. The molecule has 0 amide bonds. The summed E-state index contributed by atoms with van der Waals surface area (Å²) in [5.74, 6) is 2.46. The molecule has 0 aliphatic rings. The van der Waals surface area contributed by atoms with E-state index in [2.05, 4.69) is 10.8 Å². The van der Waals surface area contributed by atoms with Gasteiger partial charge >= 0.3 is 5.63 Å². The van der Waals surface area contributed by atoms with Gasteiger partial charge in [-0.05, 0) is 26.0 Å². The first-order valence-corrected chi connectivity index (χ1v) is 6.00. The Bertz CT molecular complexity index is 660. The van der Waals surface area contributed by atoms with E-state index in [-0.39, 0.29) is 0 Å². The van der Waals surface area contributed by atoms with Gasteiger partial charge in [-0.2, -0.15) is 0 Å². The summed E-state index contributed by atoms with van der Waals surface area (Å²) >= 11 is 0. The molecule has 1 aromatic heterocycles. The Morgan fingerprint density at radius 3 is 2.56 bits per heavy atom. The van der Waals surface area contributed by atoms with Crippen molar-refractivity contribution in [2.24, 2.45) is 0 Å². The van der Waals surface area contributed by atoms with Crippen molar-refractivity contribution in [2.75, 3.05) is 18.0 Å². The first-order valence-electron chi connectivity index (χ1n) is 6.00. The average Bonchev–Trinajstić information content (AvgIpc) is 2.40. The molecule has 1 aromatic carbocycles. The van der Waals surface area contributed by atoms with Gasteiger partial charge < -0.3 is 9.32 Å². The second-order valence-corrected chi connectivity index (χ2v) is 3.93. The quantitative estimate of drug-likeness (QED) is 0.612.